The zero-order valence-corrected chi connectivity index (χ0v) is 8.26. The van der Waals surface area contributed by atoms with Gasteiger partial charge in [-0.2, -0.15) is 0 Å². The average molecular weight is 189 g/mol. The Labute approximate surface area is 78.1 Å². The summed E-state index contributed by atoms with van der Waals surface area (Å²) in [7, 11) is 2.03. The molecule has 2 rings (SSSR count). The molecule has 0 N–H and O–H groups in total. The van der Waals surface area contributed by atoms with Crippen LogP contribution in [0, 0.1) is 17.8 Å². The second kappa shape index (κ2) is 2.91. The van der Waals surface area contributed by atoms with Crippen molar-refractivity contribution in [3.8, 4) is 0 Å². The van der Waals surface area contributed by atoms with Crippen LogP contribution in [0.3, 0.4) is 0 Å². The van der Waals surface area contributed by atoms with Crippen molar-refractivity contribution in [3.05, 3.63) is 0 Å². The lowest BCUT2D eigenvalue weighted by Gasteiger charge is -2.37. The first-order valence-corrected chi connectivity index (χ1v) is 5.07. The van der Waals surface area contributed by atoms with Crippen LogP contribution in [0.25, 0.3) is 0 Å². The van der Waals surface area contributed by atoms with Gasteiger partial charge >= 0.3 is 0 Å². The van der Waals surface area contributed by atoms with Crippen molar-refractivity contribution in [2.24, 2.45) is 17.8 Å². The third-order valence-corrected chi connectivity index (χ3v) is 3.83. The Morgan fingerprint density at radius 3 is 2.69 bits per heavy atom. The standard InChI is InChI=1S/C10H17F2N/c1-7-9-6-13(2)5-8(9)3-4-10(7,11)12/h7-9H,3-6H2,1-2H3. The molecule has 13 heavy (non-hydrogen) atoms. The fourth-order valence-corrected chi connectivity index (χ4v) is 2.91. The summed E-state index contributed by atoms with van der Waals surface area (Å²) in [5, 5.41) is 0. The summed E-state index contributed by atoms with van der Waals surface area (Å²) >= 11 is 0. The number of rotatable bonds is 0. The monoisotopic (exact) mass is 189 g/mol. The second-order valence-electron chi connectivity index (χ2n) is 4.73. The first kappa shape index (κ1) is 9.38. The minimum absolute atomic E-state index is 0.100. The zero-order valence-electron chi connectivity index (χ0n) is 8.26. The molecule has 1 aliphatic heterocycles. The van der Waals surface area contributed by atoms with Gasteiger partial charge in [0.05, 0.1) is 0 Å². The smallest absolute Gasteiger partial charge is 0.251 e. The van der Waals surface area contributed by atoms with Crippen molar-refractivity contribution < 1.29 is 8.78 Å². The summed E-state index contributed by atoms with van der Waals surface area (Å²) in [6, 6.07) is 0. The molecular weight excluding hydrogens is 172 g/mol. The van der Waals surface area contributed by atoms with E-state index in [4.69, 9.17) is 0 Å². The summed E-state index contributed by atoms with van der Waals surface area (Å²) < 4.78 is 26.7. The number of nitrogens with zero attached hydrogens (tertiary/aromatic N) is 1. The quantitative estimate of drug-likeness (QED) is 0.565. The van der Waals surface area contributed by atoms with Crippen LogP contribution in [-0.2, 0) is 0 Å². The lowest BCUT2D eigenvalue weighted by Crippen LogP contribution is -2.40. The molecule has 2 fully saturated rings. The molecule has 0 bridgehead atoms. The van der Waals surface area contributed by atoms with Crippen LogP contribution >= 0.6 is 0 Å². The average Bonchev–Trinajstić information content (AvgIpc) is 2.40. The van der Waals surface area contributed by atoms with Gasteiger partial charge in [-0.15, -0.1) is 0 Å². The molecule has 0 aromatic heterocycles. The van der Waals surface area contributed by atoms with Crippen LogP contribution in [0.5, 0.6) is 0 Å². The van der Waals surface area contributed by atoms with Crippen LogP contribution < -0.4 is 0 Å². The van der Waals surface area contributed by atoms with Crippen LogP contribution in [0.2, 0.25) is 0 Å². The highest BCUT2D eigenvalue weighted by Crippen LogP contribution is 2.47. The molecule has 2 aliphatic rings. The normalized spacial score (nSPS) is 44.8. The predicted molar refractivity (Wildman–Crippen MR) is 47.8 cm³/mol. The molecule has 1 aliphatic carbocycles. The number of hydrogen-bond acceptors (Lipinski definition) is 1. The van der Waals surface area contributed by atoms with Crippen molar-refractivity contribution in [2.45, 2.75) is 25.7 Å². The highest BCUT2D eigenvalue weighted by Gasteiger charge is 2.50. The van der Waals surface area contributed by atoms with E-state index in [1.807, 2.05) is 7.05 Å². The molecule has 0 amide bonds. The topological polar surface area (TPSA) is 3.24 Å². The van der Waals surface area contributed by atoms with Crippen molar-refractivity contribution in [1.82, 2.24) is 4.90 Å². The van der Waals surface area contributed by atoms with Crippen molar-refractivity contribution >= 4 is 0 Å². The number of fused-ring (bicyclic) bond motifs is 1. The third-order valence-electron chi connectivity index (χ3n) is 3.83. The molecule has 3 heteroatoms. The second-order valence-corrected chi connectivity index (χ2v) is 4.73. The van der Waals surface area contributed by atoms with Crippen LogP contribution in [0.4, 0.5) is 8.78 Å². The van der Waals surface area contributed by atoms with Gasteiger partial charge in [0.1, 0.15) is 0 Å². The van der Waals surface area contributed by atoms with Crippen molar-refractivity contribution in [2.75, 3.05) is 20.1 Å². The highest BCUT2D eigenvalue weighted by atomic mass is 19.3. The summed E-state index contributed by atoms with van der Waals surface area (Å²) in [6.07, 6.45) is 0.815. The zero-order chi connectivity index (χ0) is 9.64. The van der Waals surface area contributed by atoms with E-state index >= 15 is 0 Å². The molecule has 0 aromatic carbocycles. The lowest BCUT2D eigenvalue weighted by atomic mass is 9.72. The van der Waals surface area contributed by atoms with Crippen molar-refractivity contribution in [3.63, 3.8) is 0 Å². The Kier molecular flexibility index (Phi) is 2.10. The molecule has 1 nitrogen and oxygen atoms in total. The summed E-state index contributed by atoms with van der Waals surface area (Å²) in [5.74, 6) is -2.07. The van der Waals surface area contributed by atoms with E-state index in [-0.39, 0.29) is 12.3 Å². The van der Waals surface area contributed by atoms with Gasteiger partial charge in [0.2, 0.25) is 0 Å². The minimum Gasteiger partial charge on any atom is -0.306 e. The van der Waals surface area contributed by atoms with E-state index in [1.165, 1.54) is 0 Å². The number of likely N-dealkylation sites (tertiary alicyclic amines) is 1. The molecule has 0 aromatic rings. The largest absolute Gasteiger partial charge is 0.306 e. The number of hydrogen-bond donors (Lipinski definition) is 0. The van der Waals surface area contributed by atoms with Gasteiger partial charge in [0.15, 0.2) is 0 Å². The Morgan fingerprint density at radius 1 is 1.31 bits per heavy atom. The Morgan fingerprint density at radius 2 is 2.00 bits per heavy atom. The van der Waals surface area contributed by atoms with E-state index in [9.17, 15) is 8.78 Å². The summed E-state index contributed by atoms with van der Waals surface area (Å²) in [5.41, 5.74) is 0. The third kappa shape index (κ3) is 1.47. The predicted octanol–water partition coefficient (Wildman–Crippen LogP) is 2.23. The van der Waals surface area contributed by atoms with Gasteiger partial charge in [-0.3, -0.25) is 0 Å². The number of alkyl halides is 2. The van der Waals surface area contributed by atoms with E-state index in [1.54, 1.807) is 6.92 Å². The molecular formula is C10H17F2N. The molecule has 1 heterocycles. The molecule has 0 spiro atoms. The number of halogens is 2. The van der Waals surface area contributed by atoms with E-state index in [2.05, 4.69) is 4.90 Å². The first-order valence-electron chi connectivity index (χ1n) is 5.07. The maximum atomic E-state index is 13.3. The minimum atomic E-state index is -2.41. The van der Waals surface area contributed by atoms with E-state index < -0.39 is 11.8 Å². The summed E-state index contributed by atoms with van der Waals surface area (Å²) in [6.45, 7) is 3.60. The Bertz CT molecular complexity index is 205. The maximum absolute atomic E-state index is 13.3. The summed E-state index contributed by atoms with van der Waals surface area (Å²) in [4.78, 5) is 2.19. The first-order chi connectivity index (χ1) is 6.00. The molecule has 0 radical (unpaired) electrons. The van der Waals surface area contributed by atoms with Gasteiger partial charge < -0.3 is 4.90 Å². The molecule has 1 saturated carbocycles. The van der Waals surface area contributed by atoms with Gasteiger partial charge in [-0.25, -0.2) is 8.78 Å². The lowest BCUT2D eigenvalue weighted by molar-refractivity contribution is -0.109. The van der Waals surface area contributed by atoms with Gasteiger partial charge in [0, 0.05) is 25.4 Å². The van der Waals surface area contributed by atoms with E-state index in [0.717, 1.165) is 13.1 Å². The van der Waals surface area contributed by atoms with Gasteiger partial charge in [-0.05, 0) is 25.3 Å². The molecule has 3 unspecified atom stereocenters. The van der Waals surface area contributed by atoms with Gasteiger partial charge in [-0.1, -0.05) is 6.92 Å². The highest BCUT2D eigenvalue weighted by molar-refractivity contribution is 4.95. The van der Waals surface area contributed by atoms with Crippen LogP contribution in [0.1, 0.15) is 19.8 Å². The van der Waals surface area contributed by atoms with Gasteiger partial charge in [0.25, 0.3) is 5.92 Å². The maximum Gasteiger partial charge on any atom is 0.251 e. The van der Waals surface area contributed by atoms with Crippen LogP contribution in [-0.4, -0.2) is 31.0 Å². The fraction of sp³-hybridized carbons (Fsp3) is 1.00. The van der Waals surface area contributed by atoms with E-state index in [0.29, 0.717) is 12.3 Å². The molecule has 76 valence electrons. The van der Waals surface area contributed by atoms with Crippen molar-refractivity contribution in [1.29, 1.82) is 0 Å². The Hall–Kier alpha value is -0.180. The fourth-order valence-electron chi connectivity index (χ4n) is 2.91. The Balaban J connectivity index is 2.13. The SMILES string of the molecule is CC1C2CN(C)CC2CCC1(F)F. The molecule has 1 saturated heterocycles. The molecule has 3 atom stereocenters. The van der Waals surface area contributed by atoms with Crippen LogP contribution in [0.15, 0.2) is 0 Å².